The minimum absolute atomic E-state index is 0. The van der Waals surface area contributed by atoms with Gasteiger partial charge in [-0.2, -0.15) is 0 Å². The molecule has 5 nitrogen and oxygen atoms in total. The molecule has 2 aliphatic heterocycles. The highest BCUT2D eigenvalue weighted by molar-refractivity contribution is 5.85. The van der Waals surface area contributed by atoms with E-state index in [0.29, 0.717) is 26.1 Å². The predicted molar refractivity (Wildman–Crippen MR) is 103 cm³/mol. The van der Waals surface area contributed by atoms with Crippen molar-refractivity contribution in [3.05, 3.63) is 35.9 Å². The number of hydrogen-bond donors (Lipinski definition) is 0. The Morgan fingerprint density at radius 2 is 1.73 bits per heavy atom. The molecule has 6 heteroatoms. The Kier molecular flexibility index (Phi) is 8.35. The smallest absolute Gasteiger partial charge is 0.317 e. The van der Waals surface area contributed by atoms with Gasteiger partial charge in [-0.15, -0.1) is 12.4 Å². The lowest BCUT2D eigenvalue weighted by Gasteiger charge is -2.36. The van der Waals surface area contributed by atoms with Gasteiger partial charge in [0.2, 0.25) is 0 Å². The average molecular weight is 384 g/mol. The molecule has 0 radical (unpaired) electrons. The van der Waals surface area contributed by atoms with E-state index in [-0.39, 0.29) is 24.5 Å². The van der Waals surface area contributed by atoms with E-state index < -0.39 is 5.41 Å². The molecular formula is C20H30ClNO4. The molecule has 0 aromatic heterocycles. The Hall–Kier alpha value is -1.14. The van der Waals surface area contributed by atoms with Crippen LogP contribution in [0.15, 0.2) is 30.3 Å². The summed E-state index contributed by atoms with van der Waals surface area (Å²) in [5.74, 6) is -0.100. The van der Waals surface area contributed by atoms with Gasteiger partial charge in [-0.25, -0.2) is 0 Å². The van der Waals surface area contributed by atoms with E-state index in [1.165, 1.54) is 0 Å². The van der Waals surface area contributed by atoms with E-state index in [2.05, 4.69) is 4.90 Å². The Bertz CT molecular complexity index is 542. The standard InChI is InChI=1S/C20H29NO4.ClH/c1-17(7-10-21-11-15-24-16-12-21)25-19(22)20(8-13-23-14-9-20)18-5-3-2-4-6-18;/h2-6,17H,7-16H2,1H3;1H/t17-;/m1./s1. The maximum atomic E-state index is 13.1. The maximum absolute atomic E-state index is 13.1. The summed E-state index contributed by atoms with van der Waals surface area (Å²) in [6.07, 6.45) is 2.14. The first-order valence-corrected chi connectivity index (χ1v) is 9.35. The molecule has 0 aliphatic carbocycles. The van der Waals surface area contributed by atoms with E-state index in [1.807, 2.05) is 37.3 Å². The summed E-state index contributed by atoms with van der Waals surface area (Å²) in [7, 11) is 0. The van der Waals surface area contributed by atoms with Crippen LogP contribution in [0.2, 0.25) is 0 Å². The van der Waals surface area contributed by atoms with Gasteiger partial charge in [-0.3, -0.25) is 9.69 Å². The van der Waals surface area contributed by atoms with Crippen LogP contribution in [0.4, 0.5) is 0 Å². The van der Waals surface area contributed by atoms with E-state index in [9.17, 15) is 4.79 Å². The number of ether oxygens (including phenoxy) is 3. The molecule has 0 N–H and O–H groups in total. The third-order valence-corrected chi connectivity index (χ3v) is 5.33. The van der Waals surface area contributed by atoms with Crippen molar-refractivity contribution >= 4 is 18.4 Å². The van der Waals surface area contributed by atoms with Crippen LogP contribution in [0.5, 0.6) is 0 Å². The number of rotatable bonds is 6. The summed E-state index contributed by atoms with van der Waals surface area (Å²) in [5.41, 5.74) is 0.482. The van der Waals surface area contributed by atoms with Gasteiger partial charge in [-0.05, 0) is 31.7 Å². The lowest BCUT2D eigenvalue weighted by atomic mass is 9.74. The van der Waals surface area contributed by atoms with Gasteiger partial charge in [-0.1, -0.05) is 30.3 Å². The Morgan fingerprint density at radius 3 is 2.38 bits per heavy atom. The van der Waals surface area contributed by atoms with Crippen molar-refractivity contribution in [3.8, 4) is 0 Å². The minimum Gasteiger partial charge on any atom is -0.462 e. The fraction of sp³-hybridized carbons (Fsp3) is 0.650. The number of morpholine rings is 1. The second-order valence-electron chi connectivity index (χ2n) is 7.02. The van der Waals surface area contributed by atoms with E-state index >= 15 is 0 Å². The molecule has 26 heavy (non-hydrogen) atoms. The Morgan fingerprint density at radius 1 is 1.12 bits per heavy atom. The monoisotopic (exact) mass is 383 g/mol. The molecular weight excluding hydrogens is 354 g/mol. The topological polar surface area (TPSA) is 48.0 Å². The summed E-state index contributed by atoms with van der Waals surface area (Å²) >= 11 is 0. The van der Waals surface area contributed by atoms with Crippen LogP contribution >= 0.6 is 12.4 Å². The van der Waals surface area contributed by atoms with Crippen molar-refractivity contribution in [2.24, 2.45) is 0 Å². The maximum Gasteiger partial charge on any atom is 0.317 e. The lowest BCUT2D eigenvalue weighted by molar-refractivity contribution is -0.160. The van der Waals surface area contributed by atoms with Crippen LogP contribution in [0, 0.1) is 0 Å². The zero-order chi connectivity index (χ0) is 17.5. The number of carbonyl (C=O) groups excluding carboxylic acids is 1. The molecule has 146 valence electrons. The van der Waals surface area contributed by atoms with Crippen LogP contribution in [0.25, 0.3) is 0 Å². The normalized spacial score (nSPS) is 21.4. The molecule has 2 aliphatic rings. The van der Waals surface area contributed by atoms with E-state index in [0.717, 1.165) is 44.8 Å². The van der Waals surface area contributed by atoms with Gasteiger partial charge in [0.25, 0.3) is 0 Å². The summed E-state index contributed by atoms with van der Waals surface area (Å²) in [4.78, 5) is 15.4. The van der Waals surface area contributed by atoms with Crippen molar-refractivity contribution in [1.29, 1.82) is 0 Å². The number of carbonyl (C=O) groups is 1. The summed E-state index contributed by atoms with van der Waals surface area (Å²) in [6, 6.07) is 10.0. The lowest BCUT2D eigenvalue weighted by Crippen LogP contribution is -2.44. The Labute approximate surface area is 162 Å². The molecule has 0 bridgehead atoms. The quantitative estimate of drug-likeness (QED) is 0.707. The SMILES string of the molecule is C[C@H](CCN1CCOCC1)OC(=O)C1(c2ccccc2)CCOCC1.Cl. The van der Waals surface area contributed by atoms with Crippen LogP contribution in [0.3, 0.4) is 0 Å². The van der Waals surface area contributed by atoms with Crippen molar-refractivity contribution in [2.45, 2.75) is 37.7 Å². The predicted octanol–water partition coefficient (Wildman–Crippen LogP) is 2.81. The molecule has 1 aromatic carbocycles. The molecule has 0 spiro atoms. The molecule has 2 heterocycles. The summed E-state index contributed by atoms with van der Waals surface area (Å²) in [6.45, 7) is 7.67. The van der Waals surface area contributed by atoms with E-state index in [1.54, 1.807) is 0 Å². The second-order valence-corrected chi connectivity index (χ2v) is 7.02. The van der Waals surface area contributed by atoms with Crippen LogP contribution in [-0.2, 0) is 24.4 Å². The van der Waals surface area contributed by atoms with Crippen LogP contribution < -0.4 is 0 Å². The van der Waals surface area contributed by atoms with Crippen molar-refractivity contribution in [1.82, 2.24) is 4.90 Å². The molecule has 3 rings (SSSR count). The number of esters is 1. The van der Waals surface area contributed by atoms with Gasteiger partial charge < -0.3 is 14.2 Å². The Balaban J connectivity index is 0.00000243. The highest BCUT2D eigenvalue weighted by atomic mass is 35.5. The number of nitrogens with zero attached hydrogens (tertiary/aromatic N) is 1. The zero-order valence-electron chi connectivity index (χ0n) is 15.5. The highest BCUT2D eigenvalue weighted by Crippen LogP contribution is 2.36. The van der Waals surface area contributed by atoms with E-state index in [4.69, 9.17) is 14.2 Å². The molecule has 0 unspecified atom stereocenters. The first kappa shape index (κ1) is 21.2. The first-order valence-electron chi connectivity index (χ1n) is 9.35. The average Bonchev–Trinajstić information content (AvgIpc) is 2.68. The van der Waals surface area contributed by atoms with Gasteiger partial charge in [0.15, 0.2) is 0 Å². The molecule has 2 fully saturated rings. The van der Waals surface area contributed by atoms with Crippen molar-refractivity contribution in [2.75, 3.05) is 46.1 Å². The molecule has 0 amide bonds. The number of hydrogen-bond acceptors (Lipinski definition) is 5. The zero-order valence-corrected chi connectivity index (χ0v) is 16.3. The summed E-state index contributed by atoms with van der Waals surface area (Å²) < 4.78 is 16.8. The van der Waals surface area contributed by atoms with Gasteiger partial charge in [0.1, 0.15) is 6.10 Å². The number of halogens is 1. The molecule has 1 aromatic rings. The molecule has 2 saturated heterocycles. The highest BCUT2D eigenvalue weighted by Gasteiger charge is 2.43. The third-order valence-electron chi connectivity index (χ3n) is 5.33. The van der Waals surface area contributed by atoms with Gasteiger partial charge >= 0.3 is 5.97 Å². The minimum atomic E-state index is -0.563. The van der Waals surface area contributed by atoms with Gasteiger partial charge in [0, 0.05) is 32.8 Å². The first-order chi connectivity index (χ1) is 12.2. The van der Waals surface area contributed by atoms with Crippen LogP contribution in [-0.4, -0.2) is 63.0 Å². The summed E-state index contributed by atoms with van der Waals surface area (Å²) in [5, 5.41) is 0. The van der Waals surface area contributed by atoms with Crippen molar-refractivity contribution in [3.63, 3.8) is 0 Å². The van der Waals surface area contributed by atoms with Crippen molar-refractivity contribution < 1.29 is 19.0 Å². The largest absolute Gasteiger partial charge is 0.462 e. The fourth-order valence-electron chi connectivity index (χ4n) is 3.63. The van der Waals surface area contributed by atoms with Crippen LogP contribution in [0.1, 0.15) is 31.7 Å². The molecule has 0 saturated carbocycles. The molecule has 1 atom stereocenters. The second kappa shape index (κ2) is 10.3. The number of benzene rings is 1. The fourth-order valence-corrected chi connectivity index (χ4v) is 3.63. The third kappa shape index (κ3) is 5.19. The van der Waals surface area contributed by atoms with Gasteiger partial charge in [0.05, 0.1) is 18.6 Å².